The molecule has 0 radical (unpaired) electrons. The Morgan fingerprint density at radius 2 is 2.17 bits per heavy atom. The Bertz CT molecular complexity index is 431. The van der Waals surface area contributed by atoms with Crippen LogP contribution in [-0.4, -0.2) is 6.04 Å². The summed E-state index contributed by atoms with van der Waals surface area (Å²) in [5.74, 6) is -0.201. The van der Waals surface area contributed by atoms with Gasteiger partial charge < -0.3 is 5.32 Å². The van der Waals surface area contributed by atoms with Gasteiger partial charge >= 0.3 is 0 Å². The van der Waals surface area contributed by atoms with Crippen LogP contribution >= 0.6 is 15.9 Å². The average molecular weight is 314 g/mol. The summed E-state index contributed by atoms with van der Waals surface area (Å²) < 4.78 is 13.7. The van der Waals surface area contributed by atoms with Gasteiger partial charge in [0.1, 0.15) is 5.82 Å². The first-order valence-corrected chi connectivity index (χ1v) is 7.38. The number of rotatable bonds is 3. The zero-order chi connectivity index (χ0) is 13.3. The molecule has 0 aliphatic heterocycles. The van der Waals surface area contributed by atoms with Crippen molar-refractivity contribution < 1.29 is 4.39 Å². The van der Waals surface area contributed by atoms with Crippen molar-refractivity contribution in [1.29, 1.82) is 0 Å². The van der Waals surface area contributed by atoms with Crippen molar-refractivity contribution >= 4 is 15.9 Å². The molecule has 0 saturated heterocycles. The molecular weight excluding hydrogens is 293 g/mol. The highest BCUT2D eigenvalue weighted by Crippen LogP contribution is 2.37. The van der Waals surface area contributed by atoms with E-state index in [9.17, 15) is 4.39 Å². The minimum absolute atomic E-state index is 0.201. The largest absolute Gasteiger partial charge is 0.307 e. The van der Waals surface area contributed by atoms with Crippen LogP contribution in [0.3, 0.4) is 0 Å². The summed E-state index contributed by atoms with van der Waals surface area (Å²) in [5, 5.41) is 3.65. The molecule has 2 rings (SSSR count). The average Bonchev–Trinajstić information content (AvgIpc) is 2.62. The summed E-state index contributed by atoms with van der Waals surface area (Å²) in [7, 11) is 0. The van der Waals surface area contributed by atoms with E-state index in [2.05, 4.69) is 42.0 Å². The monoisotopic (exact) mass is 313 g/mol. The van der Waals surface area contributed by atoms with E-state index < -0.39 is 0 Å². The van der Waals surface area contributed by atoms with Gasteiger partial charge in [-0.05, 0) is 65.2 Å². The fourth-order valence-corrected chi connectivity index (χ4v) is 3.21. The standard InChI is InChI=1S/C15H21BrFN/c1-10(11-4-5-14(17)13(16)8-11)18-12-6-7-15(2,3)9-12/h4-5,8,10,12,18H,6-7,9H2,1-3H3. The molecule has 1 N–H and O–H groups in total. The Labute approximate surface area is 117 Å². The second-order valence-electron chi connectivity index (χ2n) is 6.17. The smallest absolute Gasteiger partial charge is 0.137 e. The lowest BCUT2D eigenvalue weighted by Gasteiger charge is -2.22. The fourth-order valence-electron chi connectivity index (χ4n) is 2.81. The van der Waals surface area contributed by atoms with E-state index in [4.69, 9.17) is 0 Å². The molecule has 0 heterocycles. The second-order valence-corrected chi connectivity index (χ2v) is 7.02. The number of hydrogen-bond acceptors (Lipinski definition) is 1. The van der Waals surface area contributed by atoms with Gasteiger partial charge in [0.05, 0.1) is 4.47 Å². The zero-order valence-corrected chi connectivity index (χ0v) is 12.8. The maximum Gasteiger partial charge on any atom is 0.137 e. The Morgan fingerprint density at radius 3 is 2.72 bits per heavy atom. The van der Waals surface area contributed by atoms with E-state index in [0.717, 1.165) is 5.56 Å². The van der Waals surface area contributed by atoms with E-state index in [1.54, 1.807) is 0 Å². The van der Waals surface area contributed by atoms with Gasteiger partial charge in [0.2, 0.25) is 0 Å². The molecule has 1 saturated carbocycles. The van der Waals surface area contributed by atoms with E-state index in [1.807, 2.05) is 12.1 Å². The van der Waals surface area contributed by atoms with Gasteiger partial charge in [-0.25, -0.2) is 4.39 Å². The fraction of sp³-hybridized carbons (Fsp3) is 0.600. The van der Waals surface area contributed by atoms with Gasteiger partial charge in [-0.2, -0.15) is 0 Å². The van der Waals surface area contributed by atoms with Crippen LogP contribution in [0.5, 0.6) is 0 Å². The van der Waals surface area contributed by atoms with Crippen LogP contribution in [0.2, 0.25) is 0 Å². The predicted octanol–water partition coefficient (Wildman–Crippen LogP) is 4.82. The first-order valence-electron chi connectivity index (χ1n) is 6.58. The molecule has 0 amide bonds. The van der Waals surface area contributed by atoms with Gasteiger partial charge in [0, 0.05) is 12.1 Å². The third-order valence-electron chi connectivity index (χ3n) is 3.90. The zero-order valence-electron chi connectivity index (χ0n) is 11.3. The van der Waals surface area contributed by atoms with Crippen molar-refractivity contribution in [1.82, 2.24) is 5.32 Å². The normalized spacial score (nSPS) is 24.2. The summed E-state index contributed by atoms with van der Waals surface area (Å²) in [4.78, 5) is 0. The van der Waals surface area contributed by atoms with Crippen molar-refractivity contribution in [2.24, 2.45) is 5.41 Å². The molecule has 2 atom stereocenters. The Balaban J connectivity index is 1.99. The molecule has 100 valence electrons. The van der Waals surface area contributed by atoms with Crippen molar-refractivity contribution in [3.63, 3.8) is 0 Å². The molecule has 1 aromatic rings. The van der Waals surface area contributed by atoms with Crippen LogP contribution in [0.15, 0.2) is 22.7 Å². The molecule has 1 aromatic carbocycles. The van der Waals surface area contributed by atoms with Crippen LogP contribution < -0.4 is 5.32 Å². The van der Waals surface area contributed by atoms with Gasteiger partial charge in [-0.3, -0.25) is 0 Å². The lowest BCUT2D eigenvalue weighted by atomic mass is 9.91. The van der Waals surface area contributed by atoms with Gasteiger partial charge in [-0.15, -0.1) is 0 Å². The Kier molecular flexibility index (Phi) is 4.12. The highest BCUT2D eigenvalue weighted by Gasteiger charge is 2.31. The molecule has 1 aliphatic carbocycles. The molecule has 1 nitrogen and oxygen atoms in total. The van der Waals surface area contributed by atoms with Crippen molar-refractivity contribution in [2.75, 3.05) is 0 Å². The third-order valence-corrected chi connectivity index (χ3v) is 4.51. The second kappa shape index (κ2) is 5.30. The molecule has 1 aliphatic rings. The third kappa shape index (κ3) is 3.33. The Morgan fingerprint density at radius 1 is 1.44 bits per heavy atom. The topological polar surface area (TPSA) is 12.0 Å². The number of benzene rings is 1. The summed E-state index contributed by atoms with van der Waals surface area (Å²) in [6.07, 6.45) is 3.74. The molecule has 2 unspecified atom stereocenters. The maximum atomic E-state index is 13.2. The van der Waals surface area contributed by atoms with Crippen molar-refractivity contribution in [2.45, 2.75) is 52.1 Å². The lowest BCUT2D eigenvalue weighted by Crippen LogP contribution is -2.30. The summed E-state index contributed by atoms with van der Waals surface area (Å²) in [6.45, 7) is 6.80. The molecule has 0 spiro atoms. The first kappa shape index (κ1) is 14.0. The van der Waals surface area contributed by atoms with Crippen LogP contribution in [0.1, 0.15) is 51.6 Å². The molecule has 18 heavy (non-hydrogen) atoms. The van der Waals surface area contributed by atoms with Crippen LogP contribution in [-0.2, 0) is 0 Å². The SMILES string of the molecule is CC(NC1CCC(C)(C)C1)c1ccc(F)c(Br)c1. The van der Waals surface area contributed by atoms with Gasteiger partial charge in [0.15, 0.2) is 0 Å². The Hall–Kier alpha value is -0.410. The molecule has 0 bridgehead atoms. The number of hydrogen-bond donors (Lipinski definition) is 1. The van der Waals surface area contributed by atoms with E-state index in [0.29, 0.717) is 15.9 Å². The molecule has 1 fully saturated rings. The quantitative estimate of drug-likeness (QED) is 0.843. The first-order chi connectivity index (χ1) is 8.37. The number of nitrogens with one attached hydrogen (secondary N) is 1. The molecule has 0 aromatic heterocycles. The van der Waals surface area contributed by atoms with Crippen molar-refractivity contribution in [3.05, 3.63) is 34.1 Å². The summed E-state index contributed by atoms with van der Waals surface area (Å²) in [6, 6.07) is 6.10. The van der Waals surface area contributed by atoms with E-state index >= 15 is 0 Å². The summed E-state index contributed by atoms with van der Waals surface area (Å²) in [5.41, 5.74) is 1.59. The minimum atomic E-state index is -0.201. The van der Waals surface area contributed by atoms with Gasteiger partial charge in [0.25, 0.3) is 0 Å². The van der Waals surface area contributed by atoms with Crippen LogP contribution in [0.4, 0.5) is 4.39 Å². The molecular formula is C15H21BrFN. The predicted molar refractivity (Wildman–Crippen MR) is 77.1 cm³/mol. The minimum Gasteiger partial charge on any atom is -0.307 e. The highest BCUT2D eigenvalue weighted by atomic mass is 79.9. The summed E-state index contributed by atoms with van der Waals surface area (Å²) >= 11 is 3.24. The van der Waals surface area contributed by atoms with Crippen LogP contribution in [0, 0.1) is 11.2 Å². The lowest BCUT2D eigenvalue weighted by molar-refractivity contribution is 0.356. The number of halogens is 2. The van der Waals surface area contributed by atoms with Crippen LogP contribution in [0.25, 0.3) is 0 Å². The molecule has 3 heteroatoms. The maximum absolute atomic E-state index is 13.2. The van der Waals surface area contributed by atoms with E-state index in [-0.39, 0.29) is 11.9 Å². The van der Waals surface area contributed by atoms with Crippen molar-refractivity contribution in [3.8, 4) is 0 Å². The van der Waals surface area contributed by atoms with Gasteiger partial charge in [-0.1, -0.05) is 19.9 Å². The highest BCUT2D eigenvalue weighted by molar-refractivity contribution is 9.10. The van der Waals surface area contributed by atoms with E-state index in [1.165, 1.54) is 25.3 Å².